The van der Waals surface area contributed by atoms with Crippen LogP contribution in [0, 0.1) is 0 Å². The van der Waals surface area contributed by atoms with Gasteiger partial charge < -0.3 is 21.1 Å². The van der Waals surface area contributed by atoms with E-state index in [0.717, 1.165) is 22.4 Å². The smallest absolute Gasteiger partial charge is 0.307 e. The second kappa shape index (κ2) is 9.26. The highest BCUT2D eigenvalue weighted by atomic mass is 35.5. The van der Waals surface area contributed by atoms with Crippen molar-refractivity contribution >= 4 is 46.1 Å². The lowest BCUT2D eigenvalue weighted by molar-refractivity contribution is -0.136. The zero-order chi connectivity index (χ0) is 22.7. The highest BCUT2D eigenvalue weighted by Crippen LogP contribution is 2.38. The summed E-state index contributed by atoms with van der Waals surface area (Å²) >= 11 is 6.11. The van der Waals surface area contributed by atoms with E-state index in [4.69, 9.17) is 16.7 Å². The minimum atomic E-state index is -0.892. The molecule has 0 aliphatic carbocycles. The number of hydrogen-bond donors (Lipinski definition) is 4. The summed E-state index contributed by atoms with van der Waals surface area (Å²) in [5, 5.41) is 19.0. The minimum absolute atomic E-state index is 0.0620. The number of aliphatic carboxylic acids is 1. The Morgan fingerprint density at radius 1 is 1.03 bits per heavy atom. The zero-order valence-corrected chi connectivity index (χ0v) is 18.2. The molecule has 3 aromatic rings. The second-order valence-corrected chi connectivity index (χ2v) is 7.95. The monoisotopic (exact) mass is 447 g/mol. The average Bonchev–Trinajstić information content (AvgIpc) is 3.07. The van der Waals surface area contributed by atoms with Crippen molar-refractivity contribution in [1.82, 2.24) is 5.32 Å². The SMILES string of the molecule is CNCc1cccc(NC(=C2C(=O)Nc3cc(Cl)ccc32)c2ccc(CC(=O)O)cc2)c1. The normalized spacial score (nSPS) is 14.0. The number of carbonyl (C=O) groups is 2. The molecule has 0 bridgehead atoms. The van der Waals surface area contributed by atoms with E-state index in [1.165, 1.54) is 0 Å². The Balaban J connectivity index is 1.82. The van der Waals surface area contributed by atoms with Gasteiger partial charge in [0.25, 0.3) is 5.91 Å². The number of nitrogens with one attached hydrogen (secondary N) is 3. The fourth-order valence-corrected chi connectivity index (χ4v) is 3.92. The standard InChI is InChI=1S/C25H22ClN3O3/c1-27-14-16-3-2-4-19(11-16)28-24(17-7-5-15(6-8-17)12-22(30)31)23-20-10-9-18(26)13-21(20)29-25(23)32/h2-11,13,27-28H,12,14H2,1H3,(H,29,32)(H,30,31). The maximum Gasteiger partial charge on any atom is 0.307 e. The first kappa shape index (κ1) is 21.6. The van der Waals surface area contributed by atoms with Gasteiger partial charge >= 0.3 is 5.97 Å². The summed E-state index contributed by atoms with van der Waals surface area (Å²) in [6.07, 6.45) is -0.0620. The van der Waals surface area contributed by atoms with Crippen LogP contribution >= 0.6 is 11.6 Å². The molecule has 4 N–H and O–H groups in total. The van der Waals surface area contributed by atoms with Gasteiger partial charge in [0.2, 0.25) is 0 Å². The molecule has 0 fully saturated rings. The van der Waals surface area contributed by atoms with E-state index >= 15 is 0 Å². The van der Waals surface area contributed by atoms with E-state index in [2.05, 4.69) is 16.0 Å². The maximum absolute atomic E-state index is 13.0. The highest BCUT2D eigenvalue weighted by molar-refractivity contribution is 6.38. The molecule has 0 unspecified atom stereocenters. The van der Waals surface area contributed by atoms with Gasteiger partial charge in [-0.2, -0.15) is 0 Å². The van der Waals surface area contributed by atoms with Crippen LogP contribution in [0.25, 0.3) is 11.3 Å². The van der Waals surface area contributed by atoms with Gasteiger partial charge in [-0.15, -0.1) is 0 Å². The molecule has 1 amide bonds. The second-order valence-electron chi connectivity index (χ2n) is 7.52. The third-order valence-electron chi connectivity index (χ3n) is 5.15. The Bertz CT molecular complexity index is 1220. The lowest BCUT2D eigenvalue weighted by atomic mass is 9.98. The number of rotatable bonds is 7. The molecule has 6 nitrogen and oxygen atoms in total. The molecule has 4 rings (SSSR count). The number of anilines is 2. The summed E-state index contributed by atoms with van der Waals surface area (Å²) in [4.78, 5) is 24.0. The first-order valence-corrected chi connectivity index (χ1v) is 10.5. The van der Waals surface area contributed by atoms with Crippen LogP contribution in [0.15, 0.2) is 66.7 Å². The number of hydrogen-bond acceptors (Lipinski definition) is 4. The Labute approximate surface area is 190 Å². The van der Waals surface area contributed by atoms with Crippen LogP contribution in [0.2, 0.25) is 5.02 Å². The minimum Gasteiger partial charge on any atom is -0.481 e. The number of fused-ring (bicyclic) bond motifs is 1. The number of amides is 1. The summed E-state index contributed by atoms with van der Waals surface area (Å²) in [7, 11) is 1.89. The van der Waals surface area contributed by atoms with E-state index in [9.17, 15) is 9.59 Å². The van der Waals surface area contributed by atoms with Crippen molar-refractivity contribution in [3.8, 4) is 0 Å². The number of halogens is 1. The van der Waals surface area contributed by atoms with Crippen LogP contribution < -0.4 is 16.0 Å². The lowest BCUT2D eigenvalue weighted by Gasteiger charge is -2.16. The van der Waals surface area contributed by atoms with Gasteiger partial charge in [0, 0.05) is 22.8 Å². The average molecular weight is 448 g/mol. The van der Waals surface area contributed by atoms with Crippen molar-refractivity contribution in [2.75, 3.05) is 17.7 Å². The molecule has 0 saturated carbocycles. The van der Waals surface area contributed by atoms with E-state index in [-0.39, 0.29) is 12.3 Å². The van der Waals surface area contributed by atoms with Gasteiger partial charge in [-0.3, -0.25) is 9.59 Å². The topological polar surface area (TPSA) is 90.5 Å². The largest absolute Gasteiger partial charge is 0.481 e. The van der Waals surface area contributed by atoms with Crippen molar-refractivity contribution in [1.29, 1.82) is 0 Å². The van der Waals surface area contributed by atoms with Gasteiger partial charge in [0.1, 0.15) is 0 Å². The van der Waals surface area contributed by atoms with Crippen LogP contribution in [0.4, 0.5) is 11.4 Å². The maximum atomic E-state index is 13.0. The summed E-state index contributed by atoms with van der Waals surface area (Å²) in [6.45, 7) is 0.715. The van der Waals surface area contributed by atoms with Gasteiger partial charge in [0.15, 0.2) is 0 Å². The van der Waals surface area contributed by atoms with Crippen molar-refractivity contribution < 1.29 is 14.7 Å². The molecular weight excluding hydrogens is 426 g/mol. The molecule has 3 aromatic carbocycles. The summed E-state index contributed by atoms with van der Waals surface area (Å²) in [5.74, 6) is -1.12. The quantitative estimate of drug-likeness (QED) is 0.397. The number of carboxylic acid groups (broad SMARTS) is 1. The van der Waals surface area contributed by atoms with E-state index < -0.39 is 5.97 Å². The Hall–Kier alpha value is -3.61. The molecule has 0 atom stereocenters. The van der Waals surface area contributed by atoms with Crippen molar-refractivity contribution in [3.63, 3.8) is 0 Å². The third-order valence-corrected chi connectivity index (χ3v) is 5.39. The van der Waals surface area contributed by atoms with Gasteiger partial charge in [-0.1, -0.05) is 54.1 Å². The third kappa shape index (κ3) is 4.66. The highest BCUT2D eigenvalue weighted by Gasteiger charge is 2.28. The van der Waals surface area contributed by atoms with Crippen LogP contribution in [0.1, 0.15) is 22.3 Å². The number of carboxylic acids is 1. The fraction of sp³-hybridized carbons (Fsp3) is 0.120. The van der Waals surface area contributed by atoms with Crippen LogP contribution in [0.5, 0.6) is 0 Å². The van der Waals surface area contributed by atoms with Gasteiger partial charge in [-0.05, 0) is 48.0 Å². The van der Waals surface area contributed by atoms with Crippen LogP contribution in [0.3, 0.4) is 0 Å². The fourth-order valence-electron chi connectivity index (χ4n) is 3.74. The molecule has 0 saturated heterocycles. The molecule has 32 heavy (non-hydrogen) atoms. The van der Waals surface area contributed by atoms with E-state index in [1.54, 1.807) is 24.3 Å². The molecule has 162 valence electrons. The number of benzene rings is 3. The summed E-state index contributed by atoms with van der Waals surface area (Å²) in [5.41, 5.74) is 5.93. The molecule has 0 aromatic heterocycles. The van der Waals surface area contributed by atoms with Crippen LogP contribution in [-0.4, -0.2) is 24.0 Å². The predicted octanol–water partition coefficient (Wildman–Crippen LogP) is 4.62. The van der Waals surface area contributed by atoms with Crippen molar-refractivity contribution in [2.24, 2.45) is 0 Å². The van der Waals surface area contributed by atoms with E-state index in [1.807, 2.05) is 49.5 Å². The van der Waals surface area contributed by atoms with Crippen molar-refractivity contribution in [3.05, 3.63) is 94.0 Å². The Morgan fingerprint density at radius 2 is 1.81 bits per heavy atom. The van der Waals surface area contributed by atoms with Gasteiger partial charge in [-0.25, -0.2) is 0 Å². The molecule has 1 heterocycles. The zero-order valence-electron chi connectivity index (χ0n) is 17.4. The molecule has 0 radical (unpaired) electrons. The molecule has 0 spiro atoms. The van der Waals surface area contributed by atoms with Crippen LogP contribution in [-0.2, 0) is 22.6 Å². The lowest BCUT2D eigenvalue weighted by Crippen LogP contribution is -2.11. The molecule has 1 aliphatic heterocycles. The van der Waals surface area contributed by atoms with Crippen molar-refractivity contribution in [2.45, 2.75) is 13.0 Å². The first-order chi connectivity index (χ1) is 15.4. The molecule has 7 heteroatoms. The van der Waals surface area contributed by atoms with Gasteiger partial charge in [0.05, 0.1) is 23.4 Å². The predicted molar refractivity (Wildman–Crippen MR) is 128 cm³/mol. The Morgan fingerprint density at radius 3 is 2.53 bits per heavy atom. The van der Waals surface area contributed by atoms with E-state index in [0.29, 0.717) is 34.1 Å². The summed E-state index contributed by atoms with van der Waals surface area (Å²) < 4.78 is 0. The molecular formula is C25H22ClN3O3. The summed E-state index contributed by atoms with van der Waals surface area (Å²) in [6, 6.07) is 20.4. The number of carbonyl (C=O) groups excluding carboxylic acids is 1. The molecule has 1 aliphatic rings. The first-order valence-electron chi connectivity index (χ1n) is 10.1. The Kier molecular flexibility index (Phi) is 6.25.